The summed E-state index contributed by atoms with van der Waals surface area (Å²) in [4.78, 5) is 0. The van der Waals surface area contributed by atoms with Crippen LogP contribution in [-0.2, 0) is 0 Å². The van der Waals surface area contributed by atoms with E-state index < -0.39 is 0 Å². The Hall–Kier alpha value is 0.0900. The van der Waals surface area contributed by atoms with Crippen molar-refractivity contribution in [1.29, 1.82) is 0 Å². The van der Waals surface area contributed by atoms with Crippen LogP contribution in [0, 0.1) is 0 Å². The van der Waals surface area contributed by atoms with Crippen LogP contribution in [0.2, 0.25) is 0 Å². The maximum absolute atomic E-state index is 2.23. The van der Waals surface area contributed by atoms with Crippen LogP contribution in [0.15, 0.2) is 12.2 Å². The molecule has 0 saturated heterocycles. The van der Waals surface area contributed by atoms with Gasteiger partial charge in [-0.3, -0.25) is 0 Å². The van der Waals surface area contributed by atoms with Crippen molar-refractivity contribution < 1.29 is 0 Å². The van der Waals surface area contributed by atoms with E-state index in [-0.39, 0.29) is 0 Å². The summed E-state index contributed by atoms with van der Waals surface area (Å²) in [7, 11) is 0. The number of thioether (sulfide) groups is 1. The van der Waals surface area contributed by atoms with Crippen LogP contribution in [-0.4, -0.2) is 11.5 Å². The van der Waals surface area contributed by atoms with Gasteiger partial charge in [0.25, 0.3) is 0 Å². The molecule has 0 heterocycles. The molecule has 0 aliphatic carbocycles. The lowest BCUT2D eigenvalue weighted by Crippen LogP contribution is -1.77. The molecule has 0 unspecified atom stereocenters. The fourth-order valence-electron chi connectivity index (χ4n) is 0.614. The molecule has 0 aromatic heterocycles. The van der Waals surface area contributed by atoms with Crippen LogP contribution < -0.4 is 0 Å². The van der Waals surface area contributed by atoms with Gasteiger partial charge in [0.05, 0.1) is 0 Å². The van der Waals surface area contributed by atoms with Gasteiger partial charge in [-0.1, -0.05) is 19.1 Å². The number of unbranched alkanes of at least 4 members (excludes halogenated alkanes) is 1. The van der Waals surface area contributed by atoms with Gasteiger partial charge in [-0.15, -0.1) is 0 Å². The minimum absolute atomic E-state index is 1.25. The minimum Gasteiger partial charge on any atom is -0.162 e. The topological polar surface area (TPSA) is 0 Å². The van der Waals surface area contributed by atoms with Crippen LogP contribution in [0.4, 0.5) is 0 Å². The van der Waals surface area contributed by atoms with E-state index in [1.807, 2.05) is 11.8 Å². The monoisotopic (exact) mass is 144 g/mol. The minimum atomic E-state index is 1.25. The summed E-state index contributed by atoms with van der Waals surface area (Å²) in [5, 5.41) is 0. The number of hydrogen-bond donors (Lipinski definition) is 0. The fourth-order valence-corrected chi connectivity index (χ4v) is 1.27. The predicted octanol–water partition coefficient (Wildman–Crippen LogP) is 3.10. The van der Waals surface area contributed by atoms with Crippen LogP contribution in [0.5, 0.6) is 0 Å². The maximum atomic E-state index is 2.23. The molecule has 0 amide bonds. The zero-order valence-corrected chi connectivity index (χ0v) is 7.21. The van der Waals surface area contributed by atoms with E-state index in [9.17, 15) is 0 Å². The number of rotatable bonds is 5. The molecule has 0 fully saturated rings. The Bertz CT molecular complexity index is 67.0. The third-order valence-electron chi connectivity index (χ3n) is 1.10. The Kier molecular flexibility index (Phi) is 8.17. The first-order valence-corrected chi connectivity index (χ1v) is 4.76. The molecule has 0 atom stereocenters. The molecule has 0 aliphatic rings. The largest absolute Gasteiger partial charge is 0.162 e. The highest BCUT2D eigenvalue weighted by molar-refractivity contribution is 7.99. The second-order valence-corrected chi connectivity index (χ2v) is 3.30. The first-order chi connectivity index (χ1) is 4.41. The third-order valence-corrected chi connectivity index (χ3v) is 2.08. The summed E-state index contributed by atoms with van der Waals surface area (Å²) in [6.07, 6.45) is 6.94. The quantitative estimate of drug-likeness (QED) is 0.422. The number of hydrogen-bond acceptors (Lipinski definition) is 1. The third kappa shape index (κ3) is 8.09. The summed E-state index contributed by atoms with van der Waals surface area (Å²) in [5.74, 6) is 2.58. The van der Waals surface area contributed by atoms with E-state index in [1.165, 1.54) is 24.3 Å². The van der Waals surface area contributed by atoms with Gasteiger partial charge >= 0.3 is 0 Å². The molecule has 0 spiro atoms. The van der Waals surface area contributed by atoms with Gasteiger partial charge < -0.3 is 0 Å². The van der Waals surface area contributed by atoms with Crippen molar-refractivity contribution in [3.63, 3.8) is 0 Å². The lowest BCUT2D eigenvalue weighted by atomic mass is 10.3. The average Bonchev–Trinajstić information content (AvgIpc) is 1.89. The molecular formula is C8H16S. The van der Waals surface area contributed by atoms with Crippen molar-refractivity contribution in [3.8, 4) is 0 Å². The van der Waals surface area contributed by atoms with Gasteiger partial charge in [0.1, 0.15) is 0 Å². The molecule has 0 N–H and O–H groups in total. The predicted molar refractivity (Wildman–Crippen MR) is 47.0 cm³/mol. The van der Waals surface area contributed by atoms with Gasteiger partial charge in [-0.05, 0) is 31.3 Å². The zero-order chi connectivity index (χ0) is 6.95. The van der Waals surface area contributed by atoms with E-state index in [2.05, 4.69) is 26.0 Å². The lowest BCUT2D eigenvalue weighted by Gasteiger charge is -1.92. The Balaban J connectivity index is 2.75. The average molecular weight is 144 g/mol. The molecule has 0 bridgehead atoms. The van der Waals surface area contributed by atoms with Crippen LogP contribution in [0.1, 0.15) is 26.7 Å². The van der Waals surface area contributed by atoms with E-state index in [1.54, 1.807) is 0 Å². The van der Waals surface area contributed by atoms with Crippen molar-refractivity contribution in [1.82, 2.24) is 0 Å². The summed E-state index contributed by atoms with van der Waals surface area (Å²) >= 11 is 2.02. The van der Waals surface area contributed by atoms with Gasteiger partial charge in [-0.2, -0.15) is 11.8 Å². The molecule has 0 aromatic carbocycles. The van der Waals surface area contributed by atoms with E-state index in [0.29, 0.717) is 0 Å². The van der Waals surface area contributed by atoms with Gasteiger partial charge in [-0.25, -0.2) is 0 Å². The molecule has 0 nitrogen and oxygen atoms in total. The smallest absolute Gasteiger partial charge is 0.00647 e. The molecule has 0 saturated carbocycles. The Labute approximate surface area is 62.7 Å². The molecule has 1 heteroatoms. The van der Waals surface area contributed by atoms with Crippen LogP contribution in [0.3, 0.4) is 0 Å². The maximum Gasteiger partial charge on any atom is -0.00647 e. The lowest BCUT2D eigenvalue weighted by molar-refractivity contribution is 0.970. The highest BCUT2D eigenvalue weighted by atomic mass is 32.2. The van der Waals surface area contributed by atoms with E-state index >= 15 is 0 Å². The van der Waals surface area contributed by atoms with Crippen molar-refractivity contribution >= 4 is 11.8 Å². The SMILES string of the molecule is C/C=C\CCCSCC. The van der Waals surface area contributed by atoms with Crippen molar-refractivity contribution in [2.45, 2.75) is 26.7 Å². The van der Waals surface area contributed by atoms with E-state index in [0.717, 1.165) is 0 Å². The molecule has 9 heavy (non-hydrogen) atoms. The highest BCUT2D eigenvalue weighted by Gasteiger charge is 1.82. The van der Waals surface area contributed by atoms with Gasteiger partial charge in [0.15, 0.2) is 0 Å². The Morgan fingerprint density at radius 3 is 2.78 bits per heavy atom. The van der Waals surface area contributed by atoms with Crippen LogP contribution >= 0.6 is 11.8 Å². The standard InChI is InChI=1S/C8H16S/c1-3-5-6-7-8-9-4-2/h3,5H,4,6-8H2,1-2H3/b5-3-. The molecule has 0 aromatic rings. The zero-order valence-electron chi connectivity index (χ0n) is 6.39. The summed E-state index contributed by atoms with van der Waals surface area (Å²) < 4.78 is 0. The van der Waals surface area contributed by atoms with Gasteiger partial charge in [0.2, 0.25) is 0 Å². The second-order valence-electron chi connectivity index (χ2n) is 1.91. The first kappa shape index (κ1) is 9.09. The van der Waals surface area contributed by atoms with E-state index in [4.69, 9.17) is 0 Å². The first-order valence-electron chi connectivity index (χ1n) is 3.60. The second kappa shape index (κ2) is 8.09. The summed E-state index contributed by atoms with van der Waals surface area (Å²) in [6.45, 7) is 4.29. The Morgan fingerprint density at radius 1 is 1.44 bits per heavy atom. The van der Waals surface area contributed by atoms with Crippen LogP contribution in [0.25, 0.3) is 0 Å². The van der Waals surface area contributed by atoms with Gasteiger partial charge in [0, 0.05) is 0 Å². The molecule has 54 valence electrons. The van der Waals surface area contributed by atoms with Crippen molar-refractivity contribution in [2.24, 2.45) is 0 Å². The molecule has 0 aliphatic heterocycles. The number of allylic oxidation sites excluding steroid dienone is 2. The fraction of sp³-hybridized carbons (Fsp3) is 0.750. The summed E-state index contributed by atoms with van der Waals surface area (Å²) in [5.41, 5.74) is 0. The highest BCUT2D eigenvalue weighted by Crippen LogP contribution is 2.03. The molecule has 0 radical (unpaired) electrons. The molecular weight excluding hydrogens is 128 g/mol. The normalized spacial score (nSPS) is 10.9. The van der Waals surface area contributed by atoms with Crippen molar-refractivity contribution in [2.75, 3.05) is 11.5 Å². The summed E-state index contributed by atoms with van der Waals surface area (Å²) in [6, 6.07) is 0. The van der Waals surface area contributed by atoms with Crippen molar-refractivity contribution in [3.05, 3.63) is 12.2 Å². The Morgan fingerprint density at radius 2 is 2.22 bits per heavy atom. The molecule has 0 rings (SSSR count).